The van der Waals surface area contributed by atoms with E-state index in [2.05, 4.69) is 68.4 Å². The second kappa shape index (κ2) is 11.3. The molecule has 0 aliphatic rings. The Kier molecular flexibility index (Phi) is 6.64. The molecular formula is C43H31N3O2. The molecule has 0 saturated carbocycles. The molecule has 0 bridgehead atoms. The Morgan fingerprint density at radius 1 is 0.417 bits per heavy atom. The molecule has 0 atom stereocenters. The summed E-state index contributed by atoms with van der Waals surface area (Å²) in [6, 6.07) is 43.7. The van der Waals surface area contributed by atoms with Gasteiger partial charge in [-0.3, -0.25) is 0 Å². The zero-order valence-electron chi connectivity index (χ0n) is 26.7. The molecule has 230 valence electrons. The van der Waals surface area contributed by atoms with Gasteiger partial charge in [-0.15, -0.1) is 0 Å². The first-order valence-electron chi connectivity index (χ1n) is 16.5. The maximum atomic E-state index is 6.26. The predicted octanol–water partition coefficient (Wildman–Crippen LogP) is 11.5. The number of furan rings is 2. The second-order valence-corrected chi connectivity index (χ2v) is 12.1. The summed E-state index contributed by atoms with van der Waals surface area (Å²) in [6.07, 6.45) is 1.70. The van der Waals surface area contributed by atoms with Crippen LogP contribution < -0.4 is 0 Å². The van der Waals surface area contributed by atoms with Crippen LogP contribution in [0.25, 0.3) is 89.2 Å². The third kappa shape index (κ3) is 4.58. The monoisotopic (exact) mass is 621 g/mol. The first-order valence-corrected chi connectivity index (χ1v) is 16.5. The Labute approximate surface area is 277 Å². The molecule has 5 nitrogen and oxygen atoms in total. The fourth-order valence-corrected chi connectivity index (χ4v) is 6.99. The van der Waals surface area contributed by atoms with Crippen LogP contribution in [0, 0.1) is 0 Å². The van der Waals surface area contributed by atoms with Crippen LogP contribution in [-0.2, 0) is 12.8 Å². The van der Waals surface area contributed by atoms with E-state index in [-0.39, 0.29) is 0 Å². The largest absolute Gasteiger partial charge is 0.456 e. The van der Waals surface area contributed by atoms with E-state index in [4.69, 9.17) is 23.8 Å². The highest BCUT2D eigenvalue weighted by molar-refractivity contribution is 6.07. The van der Waals surface area contributed by atoms with Crippen molar-refractivity contribution in [2.24, 2.45) is 0 Å². The van der Waals surface area contributed by atoms with Gasteiger partial charge in [-0.2, -0.15) is 0 Å². The van der Waals surface area contributed by atoms with Crippen molar-refractivity contribution in [1.82, 2.24) is 15.0 Å². The van der Waals surface area contributed by atoms with Crippen LogP contribution in [0.1, 0.15) is 25.0 Å². The standard InChI is InChI=1S/C43H31N3O2/c1-3-26-24-40-36(32-16-9-11-20-38(32)48-40)25-34(26)30-17-12-18-33(29(30)4-2)43-45-41(27-13-6-5-7-14-27)44-42(46-43)28-21-22-39-35(23-28)31-15-8-10-19-37(31)47-39/h5-25H,3-4H2,1-2H3. The molecule has 0 N–H and O–H groups in total. The van der Waals surface area contributed by atoms with E-state index in [1.54, 1.807) is 0 Å². The minimum atomic E-state index is 0.624. The minimum Gasteiger partial charge on any atom is -0.456 e. The lowest BCUT2D eigenvalue weighted by molar-refractivity contribution is 0.668. The molecule has 9 aromatic rings. The van der Waals surface area contributed by atoms with Gasteiger partial charge in [0.2, 0.25) is 0 Å². The molecule has 6 aromatic carbocycles. The van der Waals surface area contributed by atoms with Gasteiger partial charge in [0.15, 0.2) is 17.5 Å². The molecule has 5 heteroatoms. The zero-order valence-corrected chi connectivity index (χ0v) is 26.7. The molecule has 0 radical (unpaired) electrons. The van der Waals surface area contributed by atoms with Crippen molar-refractivity contribution in [3.05, 3.63) is 139 Å². The molecule has 0 unspecified atom stereocenters. The van der Waals surface area contributed by atoms with Crippen LogP contribution in [0.4, 0.5) is 0 Å². The normalized spacial score (nSPS) is 11.7. The van der Waals surface area contributed by atoms with Gasteiger partial charge in [0.1, 0.15) is 22.3 Å². The maximum absolute atomic E-state index is 6.26. The third-order valence-corrected chi connectivity index (χ3v) is 9.35. The summed E-state index contributed by atoms with van der Waals surface area (Å²) in [4.78, 5) is 15.3. The van der Waals surface area contributed by atoms with Gasteiger partial charge < -0.3 is 8.83 Å². The number of benzene rings is 6. The minimum absolute atomic E-state index is 0.624. The van der Waals surface area contributed by atoms with Crippen molar-refractivity contribution in [3.8, 4) is 45.3 Å². The van der Waals surface area contributed by atoms with E-state index >= 15 is 0 Å². The Morgan fingerprint density at radius 2 is 1.02 bits per heavy atom. The Bertz CT molecular complexity index is 2650. The summed E-state index contributed by atoms with van der Waals surface area (Å²) >= 11 is 0. The summed E-state index contributed by atoms with van der Waals surface area (Å²) in [5, 5.41) is 4.36. The van der Waals surface area contributed by atoms with E-state index < -0.39 is 0 Å². The number of aromatic nitrogens is 3. The number of rotatable bonds is 6. The SMILES string of the molecule is CCc1cc2oc3ccccc3c2cc1-c1cccc(-c2nc(-c3ccccc3)nc(-c3ccc4oc5ccccc5c4c3)n2)c1CC. The van der Waals surface area contributed by atoms with E-state index in [0.717, 1.165) is 73.4 Å². The molecule has 0 saturated heterocycles. The third-order valence-electron chi connectivity index (χ3n) is 9.35. The number of fused-ring (bicyclic) bond motifs is 6. The fraction of sp³-hybridized carbons (Fsp3) is 0.0930. The molecule has 0 aliphatic heterocycles. The van der Waals surface area contributed by atoms with Crippen molar-refractivity contribution < 1.29 is 8.83 Å². The number of hydrogen-bond acceptors (Lipinski definition) is 5. The lowest BCUT2D eigenvalue weighted by Gasteiger charge is -2.17. The van der Waals surface area contributed by atoms with Crippen LogP contribution in [0.3, 0.4) is 0 Å². The molecule has 3 aromatic heterocycles. The van der Waals surface area contributed by atoms with Crippen LogP contribution in [-0.4, -0.2) is 15.0 Å². The van der Waals surface area contributed by atoms with Crippen molar-refractivity contribution in [2.75, 3.05) is 0 Å². The molecule has 3 heterocycles. The Hall–Kier alpha value is -6.07. The highest BCUT2D eigenvalue weighted by atomic mass is 16.3. The number of nitrogens with zero attached hydrogens (tertiary/aromatic N) is 3. The van der Waals surface area contributed by atoms with Gasteiger partial charge >= 0.3 is 0 Å². The van der Waals surface area contributed by atoms with Crippen molar-refractivity contribution in [1.29, 1.82) is 0 Å². The molecule has 0 aliphatic carbocycles. The first-order chi connectivity index (χ1) is 23.7. The van der Waals surface area contributed by atoms with Crippen LogP contribution in [0.5, 0.6) is 0 Å². The molecule has 0 fully saturated rings. The van der Waals surface area contributed by atoms with Crippen molar-refractivity contribution >= 4 is 43.9 Å². The van der Waals surface area contributed by atoms with E-state index in [9.17, 15) is 0 Å². The molecule has 0 amide bonds. The average molecular weight is 622 g/mol. The summed E-state index contributed by atoms with van der Waals surface area (Å²) < 4.78 is 12.4. The Balaban J connectivity index is 1.26. The maximum Gasteiger partial charge on any atom is 0.164 e. The van der Waals surface area contributed by atoms with E-state index in [1.807, 2.05) is 72.8 Å². The lowest BCUT2D eigenvalue weighted by atomic mass is 9.89. The zero-order chi connectivity index (χ0) is 32.2. The summed E-state index contributed by atoms with van der Waals surface area (Å²) in [5.41, 5.74) is 11.2. The van der Waals surface area contributed by atoms with Gasteiger partial charge in [0.05, 0.1) is 0 Å². The molecule has 9 rings (SSSR count). The van der Waals surface area contributed by atoms with Crippen molar-refractivity contribution in [2.45, 2.75) is 26.7 Å². The average Bonchev–Trinajstić information content (AvgIpc) is 3.71. The number of hydrogen-bond donors (Lipinski definition) is 0. The number of para-hydroxylation sites is 2. The van der Waals surface area contributed by atoms with Crippen LogP contribution >= 0.6 is 0 Å². The van der Waals surface area contributed by atoms with Gasteiger partial charge in [-0.1, -0.05) is 98.8 Å². The molecule has 48 heavy (non-hydrogen) atoms. The van der Waals surface area contributed by atoms with Crippen molar-refractivity contribution in [3.63, 3.8) is 0 Å². The summed E-state index contributed by atoms with van der Waals surface area (Å²) in [6.45, 7) is 4.41. The first kappa shape index (κ1) is 28.2. The van der Waals surface area contributed by atoms with Gasteiger partial charge in [0, 0.05) is 38.2 Å². The second-order valence-electron chi connectivity index (χ2n) is 12.1. The van der Waals surface area contributed by atoms with Gasteiger partial charge in [-0.05, 0) is 77.6 Å². The quantitative estimate of drug-likeness (QED) is 0.185. The lowest BCUT2D eigenvalue weighted by Crippen LogP contribution is -2.03. The summed E-state index contributed by atoms with van der Waals surface area (Å²) in [5.74, 6) is 1.92. The highest BCUT2D eigenvalue weighted by Crippen LogP contribution is 2.39. The molecule has 0 spiro atoms. The van der Waals surface area contributed by atoms with E-state index in [1.165, 1.54) is 22.3 Å². The summed E-state index contributed by atoms with van der Waals surface area (Å²) in [7, 11) is 0. The fourth-order valence-electron chi connectivity index (χ4n) is 6.99. The topological polar surface area (TPSA) is 65.0 Å². The predicted molar refractivity (Wildman–Crippen MR) is 195 cm³/mol. The van der Waals surface area contributed by atoms with Gasteiger partial charge in [0.25, 0.3) is 0 Å². The Morgan fingerprint density at radius 3 is 1.75 bits per heavy atom. The van der Waals surface area contributed by atoms with Gasteiger partial charge in [-0.25, -0.2) is 15.0 Å². The number of aryl methyl sites for hydroxylation is 1. The molecular weight excluding hydrogens is 590 g/mol. The van der Waals surface area contributed by atoms with E-state index in [0.29, 0.717) is 17.5 Å². The van der Waals surface area contributed by atoms with Crippen LogP contribution in [0.15, 0.2) is 136 Å². The smallest absolute Gasteiger partial charge is 0.164 e. The highest BCUT2D eigenvalue weighted by Gasteiger charge is 2.20. The van der Waals surface area contributed by atoms with Crippen LogP contribution in [0.2, 0.25) is 0 Å².